The molecule has 0 aliphatic heterocycles. The highest BCUT2D eigenvalue weighted by atomic mass is 32.1. The number of carbonyl (C=O) groups excluding carboxylic acids is 1. The first-order valence-corrected chi connectivity index (χ1v) is 6.20. The minimum absolute atomic E-state index is 0.196. The Bertz CT molecular complexity index is 390. The molecule has 7 heteroatoms. The monoisotopic (exact) mass is 257 g/mol. The van der Waals surface area contributed by atoms with Gasteiger partial charge in [0.05, 0.1) is 0 Å². The van der Waals surface area contributed by atoms with E-state index in [1.54, 1.807) is 0 Å². The zero-order valence-corrected chi connectivity index (χ0v) is 11.2. The molecule has 17 heavy (non-hydrogen) atoms. The Morgan fingerprint density at radius 1 is 1.59 bits per heavy atom. The van der Waals surface area contributed by atoms with E-state index in [0.29, 0.717) is 16.6 Å². The van der Waals surface area contributed by atoms with Crippen molar-refractivity contribution in [3.8, 4) is 0 Å². The fourth-order valence-electron chi connectivity index (χ4n) is 1.27. The van der Waals surface area contributed by atoms with Crippen molar-refractivity contribution in [2.75, 3.05) is 31.2 Å². The number of hydrogen-bond donors (Lipinski definition) is 3. The molecule has 0 unspecified atom stereocenters. The average Bonchev–Trinajstić information content (AvgIpc) is 2.59. The second kappa shape index (κ2) is 5.83. The SMILES string of the molecule is CC(C)N(C)CCNc1snc(N)c1C(N)=O. The van der Waals surface area contributed by atoms with Crippen LogP contribution in [0.15, 0.2) is 0 Å². The largest absolute Gasteiger partial charge is 0.382 e. The molecule has 0 aliphatic carbocycles. The van der Waals surface area contributed by atoms with Crippen LogP contribution in [-0.4, -0.2) is 41.4 Å². The van der Waals surface area contributed by atoms with Gasteiger partial charge in [0.2, 0.25) is 0 Å². The van der Waals surface area contributed by atoms with E-state index < -0.39 is 5.91 Å². The molecule has 1 amide bonds. The lowest BCUT2D eigenvalue weighted by atomic mass is 10.3. The van der Waals surface area contributed by atoms with Crippen molar-refractivity contribution in [2.45, 2.75) is 19.9 Å². The van der Waals surface area contributed by atoms with Gasteiger partial charge in [-0.1, -0.05) is 0 Å². The summed E-state index contributed by atoms with van der Waals surface area (Å²) in [5.74, 6) is -0.349. The number of nitrogen functional groups attached to an aromatic ring is 1. The van der Waals surface area contributed by atoms with E-state index in [-0.39, 0.29) is 5.82 Å². The zero-order chi connectivity index (χ0) is 13.0. The van der Waals surface area contributed by atoms with E-state index in [4.69, 9.17) is 11.5 Å². The van der Waals surface area contributed by atoms with E-state index in [1.807, 2.05) is 7.05 Å². The van der Waals surface area contributed by atoms with E-state index in [0.717, 1.165) is 24.6 Å². The molecule has 0 spiro atoms. The van der Waals surface area contributed by atoms with E-state index in [1.165, 1.54) is 0 Å². The van der Waals surface area contributed by atoms with Gasteiger partial charge in [0.1, 0.15) is 10.6 Å². The maximum Gasteiger partial charge on any atom is 0.255 e. The van der Waals surface area contributed by atoms with Crippen LogP contribution in [0.25, 0.3) is 0 Å². The Labute approximate surface area is 105 Å². The van der Waals surface area contributed by atoms with Crippen molar-refractivity contribution in [2.24, 2.45) is 5.73 Å². The number of amides is 1. The molecule has 1 aromatic rings. The first-order valence-electron chi connectivity index (χ1n) is 5.42. The summed E-state index contributed by atoms with van der Waals surface area (Å²) in [6.07, 6.45) is 0. The fourth-order valence-corrected chi connectivity index (χ4v) is 2.01. The number of primary amides is 1. The van der Waals surface area contributed by atoms with Gasteiger partial charge in [0, 0.05) is 19.1 Å². The average molecular weight is 257 g/mol. The van der Waals surface area contributed by atoms with Crippen LogP contribution in [0.4, 0.5) is 10.8 Å². The Morgan fingerprint density at radius 3 is 2.76 bits per heavy atom. The standard InChI is InChI=1S/C10H19N5OS/c1-6(2)15(3)5-4-13-10-7(9(12)16)8(11)14-17-10/h6,13H,4-5H2,1-3H3,(H2,11,14)(H2,12,16). The number of nitrogens with one attached hydrogen (secondary N) is 1. The highest BCUT2D eigenvalue weighted by Crippen LogP contribution is 2.25. The lowest BCUT2D eigenvalue weighted by Gasteiger charge is -2.20. The van der Waals surface area contributed by atoms with Crippen LogP contribution in [0.5, 0.6) is 0 Å². The molecule has 1 aromatic heterocycles. The topological polar surface area (TPSA) is 97.3 Å². The summed E-state index contributed by atoms with van der Waals surface area (Å²) < 4.78 is 3.91. The van der Waals surface area contributed by atoms with Crippen LogP contribution in [-0.2, 0) is 0 Å². The molecule has 0 bridgehead atoms. The molecule has 0 radical (unpaired) electrons. The molecule has 1 heterocycles. The summed E-state index contributed by atoms with van der Waals surface area (Å²) in [5.41, 5.74) is 11.1. The molecule has 0 saturated carbocycles. The van der Waals surface area contributed by atoms with Gasteiger partial charge in [-0.05, 0) is 32.4 Å². The lowest BCUT2D eigenvalue weighted by molar-refractivity contribution is 0.100. The van der Waals surface area contributed by atoms with Gasteiger partial charge < -0.3 is 21.7 Å². The number of hydrogen-bond acceptors (Lipinski definition) is 6. The van der Waals surface area contributed by atoms with Crippen LogP contribution >= 0.6 is 11.5 Å². The number of aromatic nitrogens is 1. The van der Waals surface area contributed by atoms with Gasteiger partial charge in [-0.2, -0.15) is 4.37 Å². The van der Waals surface area contributed by atoms with Crippen molar-refractivity contribution in [1.82, 2.24) is 9.27 Å². The number of nitrogens with zero attached hydrogens (tertiary/aromatic N) is 2. The van der Waals surface area contributed by atoms with E-state index >= 15 is 0 Å². The molecular formula is C10H19N5OS. The Balaban J connectivity index is 2.55. The molecule has 5 N–H and O–H groups in total. The maximum atomic E-state index is 11.2. The Hall–Kier alpha value is -1.34. The normalized spacial score (nSPS) is 11.1. The van der Waals surface area contributed by atoms with Crippen LogP contribution in [0.1, 0.15) is 24.2 Å². The third-order valence-electron chi connectivity index (χ3n) is 2.60. The first-order chi connectivity index (χ1) is 7.93. The molecular weight excluding hydrogens is 238 g/mol. The van der Waals surface area contributed by atoms with Gasteiger partial charge in [-0.3, -0.25) is 4.79 Å². The van der Waals surface area contributed by atoms with Crippen molar-refractivity contribution in [3.63, 3.8) is 0 Å². The fraction of sp³-hybridized carbons (Fsp3) is 0.600. The highest BCUT2D eigenvalue weighted by molar-refractivity contribution is 7.11. The molecule has 0 fully saturated rings. The van der Waals surface area contributed by atoms with Crippen LogP contribution in [0, 0.1) is 0 Å². The molecule has 0 atom stereocenters. The Morgan fingerprint density at radius 2 is 2.24 bits per heavy atom. The summed E-state index contributed by atoms with van der Waals surface area (Å²) in [7, 11) is 2.04. The first kappa shape index (κ1) is 13.7. The number of nitrogens with two attached hydrogens (primary N) is 2. The predicted molar refractivity (Wildman–Crippen MR) is 71.3 cm³/mol. The quantitative estimate of drug-likeness (QED) is 0.692. The minimum Gasteiger partial charge on any atom is -0.382 e. The van der Waals surface area contributed by atoms with Crippen molar-refractivity contribution < 1.29 is 4.79 Å². The second-order valence-corrected chi connectivity index (χ2v) is 4.91. The van der Waals surface area contributed by atoms with Crippen molar-refractivity contribution in [3.05, 3.63) is 5.56 Å². The van der Waals surface area contributed by atoms with Gasteiger partial charge in [-0.15, -0.1) is 0 Å². The zero-order valence-electron chi connectivity index (χ0n) is 10.4. The number of rotatable bonds is 6. The molecule has 0 aromatic carbocycles. The Kier molecular flexibility index (Phi) is 4.71. The minimum atomic E-state index is -0.545. The molecule has 96 valence electrons. The number of likely N-dealkylation sites (N-methyl/N-ethyl adjacent to an activating group) is 1. The van der Waals surface area contributed by atoms with Crippen molar-refractivity contribution in [1.29, 1.82) is 0 Å². The third kappa shape index (κ3) is 3.57. The van der Waals surface area contributed by atoms with Gasteiger partial charge >= 0.3 is 0 Å². The summed E-state index contributed by atoms with van der Waals surface area (Å²) in [6, 6.07) is 0.485. The second-order valence-electron chi connectivity index (χ2n) is 4.14. The lowest BCUT2D eigenvalue weighted by Crippen LogP contribution is -2.31. The van der Waals surface area contributed by atoms with Crippen molar-refractivity contribution >= 4 is 28.3 Å². The number of carbonyl (C=O) groups is 1. The van der Waals surface area contributed by atoms with Gasteiger partial charge in [-0.25, -0.2) is 0 Å². The predicted octanol–water partition coefficient (Wildman–Crippen LogP) is 0.576. The van der Waals surface area contributed by atoms with Crippen LogP contribution in [0.2, 0.25) is 0 Å². The maximum absolute atomic E-state index is 11.2. The molecule has 0 aliphatic rings. The van der Waals surface area contributed by atoms with E-state index in [9.17, 15) is 4.79 Å². The smallest absolute Gasteiger partial charge is 0.255 e. The number of anilines is 2. The summed E-state index contributed by atoms with van der Waals surface area (Å²) >= 11 is 1.16. The third-order valence-corrected chi connectivity index (χ3v) is 3.42. The molecule has 1 rings (SSSR count). The van der Waals surface area contributed by atoms with Crippen LogP contribution in [0.3, 0.4) is 0 Å². The summed E-state index contributed by atoms with van der Waals surface area (Å²) in [4.78, 5) is 13.4. The summed E-state index contributed by atoms with van der Waals surface area (Å²) in [6.45, 7) is 5.84. The highest BCUT2D eigenvalue weighted by Gasteiger charge is 2.16. The molecule has 0 saturated heterocycles. The van der Waals surface area contributed by atoms with Gasteiger partial charge in [0.25, 0.3) is 5.91 Å². The van der Waals surface area contributed by atoms with Crippen LogP contribution < -0.4 is 16.8 Å². The van der Waals surface area contributed by atoms with E-state index in [2.05, 4.69) is 28.4 Å². The molecule has 6 nitrogen and oxygen atoms in total. The van der Waals surface area contributed by atoms with Gasteiger partial charge in [0.15, 0.2) is 5.82 Å². The summed E-state index contributed by atoms with van der Waals surface area (Å²) in [5, 5.41) is 3.78.